The van der Waals surface area contributed by atoms with Gasteiger partial charge in [0.25, 0.3) is 0 Å². The Morgan fingerprint density at radius 2 is 1.20 bits per heavy atom. The molecule has 0 radical (unpaired) electrons. The first kappa shape index (κ1) is 15.7. The summed E-state index contributed by atoms with van der Waals surface area (Å²) in [5.41, 5.74) is 0. The third-order valence-electron chi connectivity index (χ3n) is 0. The topological polar surface area (TPSA) is 0 Å². The molecule has 0 heterocycles. The third kappa shape index (κ3) is 19.5. The van der Waals surface area contributed by atoms with Gasteiger partial charge in [-0.3, -0.25) is 0 Å². The van der Waals surface area contributed by atoms with Crippen molar-refractivity contribution in [1.82, 2.24) is 0 Å². The van der Waals surface area contributed by atoms with Gasteiger partial charge < -0.3 is 0 Å². The second-order valence-corrected chi connectivity index (χ2v) is 3.75. The molecular weight excluding hydrogens is 145 g/mol. The minimum absolute atomic E-state index is 0. The molecule has 0 aromatic heterocycles. The molecule has 5 heteroatoms. The van der Waals surface area contributed by atoms with E-state index in [1.807, 2.05) is 0 Å². The summed E-state index contributed by atoms with van der Waals surface area (Å²) in [6, 6.07) is 0. The maximum atomic E-state index is 4.95. The van der Waals surface area contributed by atoms with Crippen molar-refractivity contribution >= 4 is 79.8 Å². The molecule has 0 amide bonds. The zero-order valence-corrected chi connectivity index (χ0v) is 5.18. The fraction of sp³-hybridized carbons (Fsp3) is 0. The fourth-order valence-corrected chi connectivity index (χ4v) is 0. The van der Waals surface area contributed by atoms with Gasteiger partial charge in [0.05, 0.1) is 0 Å². The molecular formula is H4AlCaCl2Li. The molecule has 0 N–H and O–H groups in total. The van der Waals surface area contributed by atoms with Crippen LogP contribution in [0.4, 0.5) is 0 Å². The summed E-state index contributed by atoms with van der Waals surface area (Å²) >= 11 is -0.931. The van der Waals surface area contributed by atoms with Crippen molar-refractivity contribution in [2.75, 3.05) is 0 Å². The van der Waals surface area contributed by atoms with Gasteiger partial charge >= 0.3 is 62.5 Å². The molecule has 0 aliphatic rings. The second kappa shape index (κ2) is 15.8. The summed E-state index contributed by atoms with van der Waals surface area (Å²) in [5.74, 6) is 0. The zero-order valence-electron chi connectivity index (χ0n) is 1.46. The van der Waals surface area contributed by atoms with E-state index >= 15 is 0 Å². The molecule has 24 valence electrons. The van der Waals surface area contributed by atoms with E-state index in [1.54, 1.807) is 0 Å². The third-order valence-corrected chi connectivity index (χ3v) is 0. The number of hydrogen-bond donors (Lipinski definition) is 0. The molecule has 0 bridgehead atoms. The minimum atomic E-state index is -0.931. The molecule has 0 aliphatic heterocycles. The van der Waals surface area contributed by atoms with Crippen LogP contribution in [0.25, 0.3) is 0 Å². The van der Waals surface area contributed by atoms with Gasteiger partial charge in [-0.2, -0.15) is 0 Å². The van der Waals surface area contributed by atoms with E-state index in [-0.39, 0.29) is 36.2 Å². The molecule has 0 spiro atoms. The molecule has 0 nitrogen and oxygen atoms in total. The van der Waals surface area contributed by atoms with Crippen LogP contribution in [0.15, 0.2) is 0 Å². The Labute approximate surface area is 78.0 Å². The standard InChI is InChI=1S/Al.Ca.2ClH.Li.4H/h;;2*1H;;;;;/q;+2;;;;;;;/p-2. The van der Waals surface area contributed by atoms with E-state index in [2.05, 4.69) is 0 Å². The Hall–Kier alpha value is 2.97. The predicted octanol–water partition coefficient (Wildman–Crippen LogP) is -0.834. The van der Waals surface area contributed by atoms with Gasteiger partial charge in [-0.15, -0.1) is 0 Å². The van der Waals surface area contributed by atoms with Crippen LogP contribution in [-0.4, -0.2) is 67.1 Å². The Kier molecular flexibility index (Phi) is 49.4. The summed E-state index contributed by atoms with van der Waals surface area (Å²) in [4.78, 5) is 0. The average Bonchev–Trinajstić information content (AvgIpc) is 0.918. The Morgan fingerprint density at radius 1 is 1.20 bits per heavy atom. The van der Waals surface area contributed by atoms with Crippen LogP contribution < -0.4 is 0 Å². The Morgan fingerprint density at radius 3 is 1.20 bits per heavy atom. The van der Waals surface area contributed by atoms with Gasteiger partial charge in [0.2, 0.25) is 0 Å². The quantitative estimate of drug-likeness (QED) is 0.394. The maximum absolute atomic E-state index is 4.95. The van der Waals surface area contributed by atoms with Gasteiger partial charge in [0, 0.05) is 0 Å². The number of rotatable bonds is 0. The normalized spacial score (nSPS) is 2.00. The van der Waals surface area contributed by atoms with Gasteiger partial charge in [-0.05, 0) is 0 Å². The summed E-state index contributed by atoms with van der Waals surface area (Å²) < 4.78 is 0. The van der Waals surface area contributed by atoms with E-state index in [0.717, 1.165) is 0 Å². The van der Waals surface area contributed by atoms with E-state index in [4.69, 9.17) is 12.8 Å². The summed E-state index contributed by atoms with van der Waals surface area (Å²) in [6.07, 6.45) is 9.90. The van der Waals surface area contributed by atoms with Crippen LogP contribution in [-0.2, 0) is 0 Å². The van der Waals surface area contributed by atoms with Crippen molar-refractivity contribution in [1.29, 1.82) is 0 Å². The number of halogens is 2. The number of hydrogen-bond acceptors (Lipinski definition) is 0. The van der Waals surface area contributed by atoms with Crippen LogP contribution in [0.3, 0.4) is 0 Å². The van der Waals surface area contributed by atoms with Crippen LogP contribution in [0, 0.1) is 0 Å². The molecule has 0 fully saturated rings. The molecule has 0 rings (SSSR count). The summed E-state index contributed by atoms with van der Waals surface area (Å²) in [7, 11) is 0. The van der Waals surface area contributed by atoms with Crippen molar-refractivity contribution in [3.63, 3.8) is 0 Å². The van der Waals surface area contributed by atoms with Crippen molar-refractivity contribution < 1.29 is 0 Å². The van der Waals surface area contributed by atoms with Gasteiger partial charge in [0.15, 0.2) is 17.4 Å². The fourth-order valence-electron chi connectivity index (χ4n) is 0. The Bertz CT molecular complexity index is 9.61. The van der Waals surface area contributed by atoms with E-state index in [0.29, 0.717) is 0 Å². The molecule has 0 aromatic rings. The first-order valence-corrected chi connectivity index (χ1v) is 6.61. The van der Waals surface area contributed by atoms with Crippen LogP contribution in [0.5, 0.6) is 0 Å². The van der Waals surface area contributed by atoms with Crippen molar-refractivity contribution in [2.45, 2.75) is 0 Å². The molecule has 5 heavy (non-hydrogen) atoms. The Balaban J connectivity index is -0.0000000200. The molecule has 0 aromatic carbocycles. The van der Waals surface area contributed by atoms with Gasteiger partial charge in [-0.25, -0.2) is 0 Å². The monoisotopic (exact) mass is 148 g/mol. The van der Waals surface area contributed by atoms with Crippen LogP contribution in [0.2, 0.25) is 0 Å². The van der Waals surface area contributed by atoms with Crippen LogP contribution >= 0.6 is 12.8 Å². The predicted molar refractivity (Wildman–Crippen MR) is 34.5 cm³/mol. The van der Waals surface area contributed by atoms with Gasteiger partial charge in [0.1, 0.15) is 0 Å². The van der Waals surface area contributed by atoms with E-state index < -0.39 is 30.8 Å². The molecule has 0 aliphatic carbocycles. The van der Waals surface area contributed by atoms with Gasteiger partial charge in [-0.1, -0.05) is 0 Å². The first-order valence-electron chi connectivity index (χ1n) is 0.535. The summed E-state index contributed by atoms with van der Waals surface area (Å²) in [6.45, 7) is 0. The van der Waals surface area contributed by atoms with Crippen LogP contribution in [0.1, 0.15) is 0 Å². The van der Waals surface area contributed by atoms with E-state index in [1.165, 1.54) is 0 Å². The zero-order chi connectivity index (χ0) is 2.71. The first-order chi connectivity index (χ1) is 1.41. The molecule has 0 unspecified atom stereocenters. The van der Waals surface area contributed by atoms with Crippen molar-refractivity contribution in [3.8, 4) is 0 Å². The van der Waals surface area contributed by atoms with Crippen molar-refractivity contribution in [2.24, 2.45) is 0 Å². The summed E-state index contributed by atoms with van der Waals surface area (Å²) in [5, 5.41) is 0. The molecule has 0 saturated heterocycles. The molecule has 0 atom stereocenters. The van der Waals surface area contributed by atoms with Crippen molar-refractivity contribution in [3.05, 3.63) is 0 Å². The van der Waals surface area contributed by atoms with E-state index in [9.17, 15) is 0 Å². The molecule has 0 saturated carbocycles. The SMILES string of the molecule is [AlH3].[Cl][Ca][Cl].[LiH]. The average molecular weight is 149 g/mol. The second-order valence-electron chi connectivity index (χ2n) is 0.101.